The zero-order valence-corrected chi connectivity index (χ0v) is 17.7. The molecule has 5 rings (SSSR count). The summed E-state index contributed by atoms with van der Waals surface area (Å²) in [6, 6.07) is 12.2. The van der Waals surface area contributed by atoms with Crippen LogP contribution in [-0.2, 0) is 6.54 Å². The summed E-state index contributed by atoms with van der Waals surface area (Å²) in [4.78, 5) is 17.5. The first-order valence-corrected chi connectivity index (χ1v) is 10.9. The molecule has 0 spiro atoms. The highest BCUT2D eigenvalue weighted by Crippen LogP contribution is 2.35. The lowest BCUT2D eigenvalue weighted by molar-refractivity contribution is 0.0762. The Morgan fingerprint density at radius 3 is 2.66 bits per heavy atom. The summed E-state index contributed by atoms with van der Waals surface area (Å²) < 4.78 is 24.4. The first-order valence-electron chi connectivity index (χ1n) is 10.9. The lowest BCUT2D eigenvalue weighted by atomic mass is 10.1. The Kier molecular flexibility index (Phi) is 5.77. The monoisotopic (exact) mass is 436 g/mol. The van der Waals surface area contributed by atoms with Crippen molar-refractivity contribution < 1.29 is 18.7 Å². The van der Waals surface area contributed by atoms with Crippen molar-refractivity contribution in [2.45, 2.75) is 13.0 Å². The van der Waals surface area contributed by atoms with Crippen LogP contribution in [0.25, 0.3) is 11.3 Å². The minimum absolute atomic E-state index is 0.0349. The van der Waals surface area contributed by atoms with Crippen LogP contribution in [0.1, 0.15) is 22.3 Å². The Bertz CT molecular complexity index is 1100. The largest absolute Gasteiger partial charge is 0.486 e. The third-order valence-corrected chi connectivity index (χ3v) is 5.90. The van der Waals surface area contributed by atoms with Crippen molar-refractivity contribution in [3.63, 3.8) is 0 Å². The highest BCUT2D eigenvalue weighted by molar-refractivity contribution is 5.99. The molecule has 1 saturated heterocycles. The number of hydrogen-bond donors (Lipinski definition) is 1. The number of fused-ring (bicyclic) bond motifs is 1. The molecule has 0 atom stereocenters. The molecule has 0 radical (unpaired) electrons. The van der Waals surface area contributed by atoms with Crippen LogP contribution in [0, 0.1) is 5.82 Å². The van der Waals surface area contributed by atoms with Gasteiger partial charge >= 0.3 is 0 Å². The quantitative estimate of drug-likeness (QED) is 0.679. The summed E-state index contributed by atoms with van der Waals surface area (Å²) in [6.07, 6.45) is 2.47. The van der Waals surface area contributed by atoms with Gasteiger partial charge in [0.25, 0.3) is 5.91 Å². The minimum atomic E-state index is -0.227. The van der Waals surface area contributed by atoms with E-state index < -0.39 is 0 Å². The van der Waals surface area contributed by atoms with Crippen LogP contribution in [-0.4, -0.2) is 65.3 Å². The molecule has 1 amide bonds. The zero-order valence-electron chi connectivity index (χ0n) is 17.7. The van der Waals surface area contributed by atoms with Crippen LogP contribution in [0.2, 0.25) is 0 Å². The van der Waals surface area contributed by atoms with Crippen molar-refractivity contribution in [1.82, 2.24) is 20.0 Å². The fourth-order valence-electron chi connectivity index (χ4n) is 4.22. The molecule has 0 saturated carbocycles. The summed E-state index contributed by atoms with van der Waals surface area (Å²) in [6.45, 7) is 4.76. The van der Waals surface area contributed by atoms with E-state index in [-0.39, 0.29) is 11.7 Å². The van der Waals surface area contributed by atoms with Crippen molar-refractivity contribution in [3.05, 3.63) is 65.6 Å². The number of nitrogens with zero attached hydrogens (tertiary/aromatic N) is 3. The van der Waals surface area contributed by atoms with Crippen LogP contribution < -0.4 is 9.47 Å². The minimum Gasteiger partial charge on any atom is -0.486 e. The van der Waals surface area contributed by atoms with Gasteiger partial charge in [0.15, 0.2) is 11.5 Å². The Hall–Kier alpha value is -3.39. The molecule has 8 heteroatoms. The number of carbonyl (C=O) groups excluding carboxylic acids is 1. The third-order valence-electron chi connectivity index (χ3n) is 5.90. The van der Waals surface area contributed by atoms with E-state index in [1.165, 1.54) is 12.1 Å². The average Bonchev–Trinajstić information content (AvgIpc) is 3.20. The topological polar surface area (TPSA) is 70.7 Å². The van der Waals surface area contributed by atoms with Gasteiger partial charge in [-0.05, 0) is 42.3 Å². The first-order chi connectivity index (χ1) is 15.7. The first kappa shape index (κ1) is 20.5. The van der Waals surface area contributed by atoms with Gasteiger partial charge in [-0.2, -0.15) is 5.10 Å². The molecule has 2 aliphatic rings. The van der Waals surface area contributed by atoms with Gasteiger partial charge < -0.3 is 14.4 Å². The van der Waals surface area contributed by atoms with E-state index in [9.17, 15) is 9.18 Å². The molecule has 166 valence electrons. The van der Waals surface area contributed by atoms with Gasteiger partial charge in [0.2, 0.25) is 0 Å². The standard InChI is InChI=1S/C24H25FN4O3/c25-19-5-2-17(3-6-19)16-28-8-1-9-29(11-10-28)24(30)20-15-26-27-23(20)18-4-7-21-22(14-18)32-13-12-31-21/h2-7,14-15H,1,8-13,16H2,(H,26,27). The number of carbonyl (C=O) groups is 1. The number of H-pyrrole nitrogens is 1. The number of benzene rings is 2. The summed E-state index contributed by atoms with van der Waals surface area (Å²) >= 11 is 0. The van der Waals surface area contributed by atoms with Crippen molar-refractivity contribution >= 4 is 5.91 Å². The van der Waals surface area contributed by atoms with Crippen LogP contribution in [0.4, 0.5) is 4.39 Å². The molecule has 2 aliphatic heterocycles. The molecular formula is C24H25FN4O3. The fourth-order valence-corrected chi connectivity index (χ4v) is 4.22. The molecular weight excluding hydrogens is 411 g/mol. The molecule has 32 heavy (non-hydrogen) atoms. The molecule has 2 aromatic carbocycles. The van der Waals surface area contributed by atoms with Crippen LogP contribution in [0.3, 0.4) is 0 Å². The molecule has 7 nitrogen and oxygen atoms in total. The van der Waals surface area contributed by atoms with E-state index in [1.54, 1.807) is 6.20 Å². The predicted octanol–water partition coefficient (Wildman–Crippen LogP) is 3.34. The van der Waals surface area contributed by atoms with E-state index in [4.69, 9.17) is 9.47 Å². The van der Waals surface area contributed by atoms with E-state index in [0.29, 0.717) is 49.1 Å². The van der Waals surface area contributed by atoms with Gasteiger partial charge in [-0.15, -0.1) is 0 Å². The van der Waals surface area contributed by atoms with Crippen LogP contribution in [0.15, 0.2) is 48.7 Å². The number of rotatable bonds is 4. The molecule has 3 aromatic rings. The Balaban J connectivity index is 1.28. The molecule has 1 aromatic heterocycles. The van der Waals surface area contributed by atoms with E-state index >= 15 is 0 Å². The normalized spacial score (nSPS) is 16.6. The Morgan fingerprint density at radius 2 is 1.81 bits per heavy atom. The zero-order chi connectivity index (χ0) is 21.9. The van der Waals surface area contributed by atoms with Crippen molar-refractivity contribution in [3.8, 4) is 22.8 Å². The Labute approximate surface area is 185 Å². The maximum Gasteiger partial charge on any atom is 0.257 e. The summed E-state index contributed by atoms with van der Waals surface area (Å²) in [5.74, 6) is 1.12. The number of hydrogen-bond acceptors (Lipinski definition) is 5. The van der Waals surface area contributed by atoms with Gasteiger partial charge in [0.05, 0.1) is 17.5 Å². The Morgan fingerprint density at radius 1 is 1.00 bits per heavy atom. The average molecular weight is 436 g/mol. The van der Waals surface area contributed by atoms with E-state index in [0.717, 1.165) is 37.2 Å². The van der Waals surface area contributed by atoms with Crippen molar-refractivity contribution in [1.29, 1.82) is 0 Å². The molecule has 3 heterocycles. The van der Waals surface area contributed by atoms with E-state index in [2.05, 4.69) is 15.1 Å². The summed E-state index contributed by atoms with van der Waals surface area (Å²) in [7, 11) is 0. The summed E-state index contributed by atoms with van der Waals surface area (Å²) in [5, 5.41) is 7.12. The van der Waals surface area contributed by atoms with E-state index in [1.807, 2.05) is 35.2 Å². The second-order valence-corrected chi connectivity index (χ2v) is 8.07. The lowest BCUT2D eigenvalue weighted by Crippen LogP contribution is -2.35. The molecule has 1 fully saturated rings. The number of ether oxygens (including phenoxy) is 2. The fraction of sp³-hybridized carbons (Fsp3) is 0.333. The second-order valence-electron chi connectivity index (χ2n) is 8.07. The van der Waals surface area contributed by atoms with Gasteiger partial charge in [-0.3, -0.25) is 14.8 Å². The molecule has 0 bridgehead atoms. The molecule has 0 unspecified atom stereocenters. The van der Waals surface area contributed by atoms with Crippen molar-refractivity contribution in [2.75, 3.05) is 39.4 Å². The molecule has 0 aliphatic carbocycles. The van der Waals surface area contributed by atoms with Gasteiger partial charge in [0, 0.05) is 38.3 Å². The van der Waals surface area contributed by atoms with Gasteiger partial charge in [-0.1, -0.05) is 12.1 Å². The van der Waals surface area contributed by atoms with Gasteiger partial charge in [0.1, 0.15) is 19.0 Å². The second kappa shape index (κ2) is 9.00. The smallest absolute Gasteiger partial charge is 0.257 e. The number of aromatic amines is 1. The maximum atomic E-state index is 13.3. The van der Waals surface area contributed by atoms with Gasteiger partial charge in [-0.25, -0.2) is 4.39 Å². The summed E-state index contributed by atoms with van der Waals surface area (Å²) in [5.41, 5.74) is 3.14. The predicted molar refractivity (Wildman–Crippen MR) is 117 cm³/mol. The van der Waals surface area contributed by atoms with Crippen LogP contribution in [0.5, 0.6) is 11.5 Å². The highest BCUT2D eigenvalue weighted by atomic mass is 19.1. The maximum absolute atomic E-state index is 13.3. The third kappa shape index (κ3) is 4.31. The molecule has 1 N–H and O–H groups in total. The van der Waals surface area contributed by atoms with Crippen molar-refractivity contribution in [2.24, 2.45) is 0 Å². The SMILES string of the molecule is O=C(c1cn[nH]c1-c1ccc2c(c1)OCCO2)N1CCCN(Cc2ccc(F)cc2)CC1. The number of amides is 1. The lowest BCUT2D eigenvalue weighted by Gasteiger charge is -2.22. The highest BCUT2D eigenvalue weighted by Gasteiger charge is 2.25. The number of nitrogens with one attached hydrogen (secondary N) is 1. The number of halogens is 1. The van der Waals surface area contributed by atoms with Crippen LogP contribution >= 0.6 is 0 Å². The number of aromatic nitrogens is 2.